The molecule has 1 aliphatic heterocycles. The monoisotopic (exact) mass is 680 g/mol. The number of carbonyl (C=O) groups is 1. The molecule has 4 aromatic rings. The first-order chi connectivity index (χ1) is 20.8. The number of aliphatic imine (C=N–C) groups is 1. The lowest BCUT2D eigenvalue weighted by Crippen LogP contribution is -2.49. The molecule has 0 aliphatic carbocycles. The highest BCUT2D eigenvalue weighted by atomic mass is 79.9. The molecule has 0 spiro atoms. The van der Waals surface area contributed by atoms with E-state index >= 15 is 0 Å². The molecule has 9 heteroatoms. The number of aryl methyl sites for hydroxylation is 1. The van der Waals surface area contributed by atoms with E-state index in [9.17, 15) is 4.79 Å². The number of aliphatic hydroxyl groups excluding tert-OH is 1. The lowest BCUT2D eigenvalue weighted by atomic mass is 9.82. The van der Waals surface area contributed by atoms with Crippen LogP contribution < -0.4 is 10.1 Å². The van der Waals surface area contributed by atoms with E-state index in [2.05, 4.69) is 21.2 Å². The Labute approximate surface area is 269 Å². The number of benzene rings is 4. The second-order valence-electron chi connectivity index (χ2n) is 10.4. The van der Waals surface area contributed by atoms with Crippen LogP contribution in [0.2, 0.25) is 10.0 Å². The number of nitrogens with zero attached hydrogens (tertiary/aromatic N) is 1. The van der Waals surface area contributed by atoms with E-state index in [0.717, 1.165) is 21.2 Å². The van der Waals surface area contributed by atoms with Crippen molar-refractivity contribution in [3.8, 4) is 5.75 Å². The van der Waals surface area contributed by atoms with E-state index in [1.807, 2.05) is 79.7 Å². The van der Waals surface area contributed by atoms with E-state index in [-0.39, 0.29) is 18.9 Å². The van der Waals surface area contributed by atoms with Gasteiger partial charge in [-0.2, -0.15) is 0 Å². The van der Waals surface area contributed by atoms with Gasteiger partial charge in [0.25, 0.3) is 5.91 Å². The molecule has 2 N–H and O–H groups in total. The van der Waals surface area contributed by atoms with E-state index in [0.29, 0.717) is 52.4 Å². The van der Waals surface area contributed by atoms with Gasteiger partial charge >= 0.3 is 0 Å². The molecule has 0 saturated heterocycles. The fourth-order valence-electron chi connectivity index (χ4n) is 5.06. The van der Waals surface area contributed by atoms with Gasteiger partial charge in [-0.05, 0) is 60.5 Å². The quantitative estimate of drug-likeness (QED) is 0.160. The summed E-state index contributed by atoms with van der Waals surface area (Å²) in [5.41, 5.74) is 2.86. The van der Waals surface area contributed by atoms with Crippen LogP contribution in [0.3, 0.4) is 0 Å². The third-order valence-electron chi connectivity index (χ3n) is 7.23. The number of carbonyl (C=O) groups excluding carboxylic acids is 1. The van der Waals surface area contributed by atoms with Crippen LogP contribution in [0.4, 0.5) is 0 Å². The molecule has 1 aliphatic rings. The van der Waals surface area contributed by atoms with Crippen LogP contribution in [-0.4, -0.2) is 35.7 Å². The molecule has 2 atom stereocenters. The predicted molar refractivity (Wildman–Crippen MR) is 174 cm³/mol. The van der Waals surface area contributed by atoms with Crippen LogP contribution in [0.1, 0.15) is 40.3 Å². The Kier molecular flexibility index (Phi) is 10.1. The first-order valence-electron chi connectivity index (χ1n) is 13.9. The number of hydrogen-bond acceptors (Lipinski definition) is 5. The molecular formula is C34H31BrCl2N2O4. The zero-order valence-electron chi connectivity index (χ0n) is 23.5. The molecule has 0 unspecified atom stereocenters. The molecule has 0 saturated carbocycles. The third kappa shape index (κ3) is 7.24. The highest BCUT2D eigenvalue weighted by Crippen LogP contribution is 2.45. The normalized spacial score (nSPS) is 17.7. The minimum absolute atomic E-state index is 0.0585. The molecule has 5 rings (SSSR count). The van der Waals surface area contributed by atoms with Gasteiger partial charge in [0.1, 0.15) is 5.75 Å². The summed E-state index contributed by atoms with van der Waals surface area (Å²) in [4.78, 5) is 19.5. The number of nitrogens with one attached hydrogen (secondary N) is 1. The van der Waals surface area contributed by atoms with Gasteiger partial charge in [-0.1, -0.05) is 93.2 Å². The Morgan fingerprint density at radius 2 is 1.84 bits per heavy atom. The minimum Gasteiger partial charge on any atom is -0.494 e. The number of ether oxygens (including phenoxy) is 2. The van der Waals surface area contributed by atoms with Crippen LogP contribution in [0.15, 0.2) is 100 Å². The molecule has 6 nitrogen and oxygen atoms in total. The maximum atomic E-state index is 14.5. The Morgan fingerprint density at radius 1 is 1.05 bits per heavy atom. The summed E-state index contributed by atoms with van der Waals surface area (Å²) in [6.07, 6.45) is -0.0720. The maximum Gasteiger partial charge on any atom is 0.252 e. The maximum absolute atomic E-state index is 14.5. The minimum atomic E-state index is -1.41. The molecule has 0 fully saturated rings. The van der Waals surface area contributed by atoms with Crippen molar-refractivity contribution in [3.05, 3.63) is 133 Å². The van der Waals surface area contributed by atoms with Crippen LogP contribution in [-0.2, 0) is 22.5 Å². The molecule has 4 aromatic carbocycles. The lowest BCUT2D eigenvalue weighted by molar-refractivity contribution is -0.129. The van der Waals surface area contributed by atoms with E-state index < -0.39 is 11.6 Å². The summed E-state index contributed by atoms with van der Waals surface area (Å²) in [5, 5.41) is 13.0. The van der Waals surface area contributed by atoms with Gasteiger partial charge in [-0.3, -0.25) is 4.79 Å². The van der Waals surface area contributed by atoms with Gasteiger partial charge < -0.3 is 19.9 Å². The van der Waals surface area contributed by atoms with Crippen LogP contribution in [0.5, 0.6) is 5.75 Å². The van der Waals surface area contributed by atoms with Crippen LogP contribution in [0.25, 0.3) is 0 Å². The SMILES string of the molecule is Cc1cccc(CNC(=O)[C@]2(Cc3ccccc3Br)N=C(c3ccc(OCCCO)cc3)O[C@@H]2c2ccc(Cl)cc2Cl)c1. The Balaban J connectivity index is 1.59. The third-order valence-corrected chi connectivity index (χ3v) is 8.56. The van der Waals surface area contributed by atoms with Crippen molar-refractivity contribution in [1.29, 1.82) is 0 Å². The van der Waals surface area contributed by atoms with Gasteiger partial charge in [0.2, 0.25) is 5.90 Å². The first-order valence-corrected chi connectivity index (χ1v) is 15.5. The van der Waals surface area contributed by atoms with E-state index in [4.69, 9.17) is 42.8 Å². The summed E-state index contributed by atoms with van der Waals surface area (Å²) >= 11 is 16.7. The van der Waals surface area contributed by atoms with Crippen molar-refractivity contribution in [1.82, 2.24) is 5.32 Å². The van der Waals surface area contributed by atoms with Crippen LogP contribution in [0, 0.1) is 6.92 Å². The van der Waals surface area contributed by atoms with Gasteiger partial charge in [-0.25, -0.2) is 4.99 Å². The molecule has 1 amide bonds. The predicted octanol–water partition coefficient (Wildman–Crippen LogP) is 7.64. The topological polar surface area (TPSA) is 80.2 Å². The number of rotatable bonds is 11. The van der Waals surface area contributed by atoms with Crippen molar-refractivity contribution in [2.45, 2.75) is 38.0 Å². The molecule has 222 valence electrons. The number of aliphatic hydroxyl groups is 1. The second kappa shape index (κ2) is 14.0. The number of halogens is 3. The fourth-order valence-corrected chi connectivity index (χ4v) is 6.00. The van der Waals surface area contributed by atoms with Crippen molar-refractivity contribution in [2.75, 3.05) is 13.2 Å². The number of hydrogen-bond donors (Lipinski definition) is 2. The Bertz CT molecular complexity index is 1630. The summed E-state index contributed by atoms with van der Waals surface area (Å²) in [6, 6.07) is 28.2. The summed E-state index contributed by atoms with van der Waals surface area (Å²) in [5.74, 6) is 0.680. The highest BCUT2D eigenvalue weighted by molar-refractivity contribution is 9.10. The van der Waals surface area contributed by atoms with Crippen molar-refractivity contribution >= 4 is 50.9 Å². The Hall–Kier alpha value is -3.36. The fraction of sp³-hybridized carbons (Fsp3) is 0.235. The largest absolute Gasteiger partial charge is 0.494 e. The molecule has 43 heavy (non-hydrogen) atoms. The average Bonchev–Trinajstić information content (AvgIpc) is 3.38. The average molecular weight is 682 g/mol. The smallest absolute Gasteiger partial charge is 0.252 e. The Morgan fingerprint density at radius 3 is 2.56 bits per heavy atom. The van der Waals surface area contributed by atoms with Crippen molar-refractivity contribution < 1.29 is 19.4 Å². The second-order valence-corrected chi connectivity index (χ2v) is 12.1. The van der Waals surface area contributed by atoms with E-state index in [1.54, 1.807) is 18.2 Å². The van der Waals surface area contributed by atoms with Crippen molar-refractivity contribution in [3.63, 3.8) is 0 Å². The zero-order valence-corrected chi connectivity index (χ0v) is 26.6. The van der Waals surface area contributed by atoms with Gasteiger partial charge in [0.15, 0.2) is 11.6 Å². The zero-order chi connectivity index (χ0) is 30.4. The summed E-state index contributed by atoms with van der Waals surface area (Å²) in [6.45, 7) is 2.80. The lowest BCUT2D eigenvalue weighted by Gasteiger charge is -2.31. The molecule has 0 bridgehead atoms. The van der Waals surface area contributed by atoms with Crippen LogP contribution >= 0.6 is 39.1 Å². The number of amides is 1. The van der Waals surface area contributed by atoms with E-state index in [1.165, 1.54) is 0 Å². The molecular weight excluding hydrogens is 651 g/mol. The molecule has 0 aromatic heterocycles. The molecule has 0 radical (unpaired) electrons. The van der Waals surface area contributed by atoms with Gasteiger partial charge in [0, 0.05) is 51.6 Å². The summed E-state index contributed by atoms with van der Waals surface area (Å²) in [7, 11) is 0. The van der Waals surface area contributed by atoms with Gasteiger partial charge in [-0.15, -0.1) is 0 Å². The molecule has 1 heterocycles. The van der Waals surface area contributed by atoms with Gasteiger partial charge in [0.05, 0.1) is 6.61 Å². The highest BCUT2D eigenvalue weighted by Gasteiger charge is 2.54. The first kappa shape index (κ1) is 31.1. The summed E-state index contributed by atoms with van der Waals surface area (Å²) < 4.78 is 13.1. The van der Waals surface area contributed by atoms with Crippen molar-refractivity contribution in [2.24, 2.45) is 4.99 Å². The standard InChI is InChI=1S/C34H31BrCl2N2O4/c1-22-6-4-7-23(18-22)21-38-33(41)34(20-25-8-2-3-9-29(25)35)31(28-15-12-26(36)19-30(28)37)43-32(39-34)24-10-13-27(14-11-24)42-17-5-16-40/h2-4,6-15,18-19,31,40H,5,16-17,20-21H2,1H3,(H,38,41)/t31-,34-/m1/s1.